The Hall–Kier alpha value is -1.97. The van der Waals surface area contributed by atoms with Crippen LogP contribution in [0.3, 0.4) is 0 Å². The molecule has 0 radical (unpaired) electrons. The summed E-state index contributed by atoms with van der Waals surface area (Å²) < 4.78 is 5.33. The number of carbonyl (C=O) groups excluding carboxylic acids is 2. The van der Waals surface area contributed by atoms with E-state index in [0.717, 1.165) is 16.8 Å². The molecule has 0 fully saturated rings. The maximum absolute atomic E-state index is 12.0. The first-order chi connectivity index (χ1) is 11.5. The SMILES string of the molecule is COCC(=O)Nc1nnc(SCC(=O)Nc2cc(C)cc(C)c2)s1. The van der Waals surface area contributed by atoms with Crippen LogP contribution < -0.4 is 10.6 Å². The van der Waals surface area contributed by atoms with E-state index in [4.69, 9.17) is 4.74 Å². The quantitative estimate of drug-likeness (QED) is 0.578. The van der Waals surface area contributed by atoms with Crippen molar-refractivity contribution < 1.29 is 14.3 Å². The highest BCUT2D eigenvalue weighted by molar-refractivity contribution is 8.01. The van der Waals surface area contributed by atoms with Crippen molar-refractivity contribution in [1.29, 1.82) is 0 Å². The third kappa shape index (κ3) is 5.91. The van der Waals surface area contributed by atoms with Crippen LogP contribution in [-0.2, 0) is 14.3 Å². The van der Waals surface area contributed by atoms with Crippen molar-refractivity contribution in [3.63, 3.8) is 0 Å². The Balaban J connectivity index is 1.83. The molecule has 0 saturated heterocycles. The van der Waals surface area contributed by atoms with Gasteiger partial charge in [0.1, 0.15) is 6.61 Å². The molecule has 1 heterocycles. The van der Waals surface area contributed by atoms with Crippen LogP contribution >= 0.6 is 23.1 Å². The molecule has 0 bridgehead atoms. The van der Waals surface area contributed by atoms with Crippen LogP contribution in [0.1, 0.15) is 11.1 Å². The van der Waals surface area contributed by atoms with Crippen molar-refractivity contribution >= 4 is 45.7 Å². The molecule has 2 N–H and O–H groups in total. The normalized spacial score (nSPS) is 10.5. The number of thioether (sulfide) groups is 1. The summed E-state index contributed by atoms with van der Waals surface area (Å²) >= 11 is 2.48. The van der Waals surface area contributed by atoms with Gasteiger partial charge < -0.3 is 10.1 Å². The Morgan fingerprint density at radius 1 is 1.12 bits per heavy atom. The van der Waals surface area contributed by atoms with Gasteiger partial charge in [-0.25, -0.2) is 0 Å². The number of ether oxygens (including phenoxy) is 1. The summed E-state index contributed by atoms with van der Waals surface area (Å²) in [6.07, 6.45) is 0. The fourth-order valence-electron chi connectivity index (χ4n) is 1.98. The fraction of sp³-hybridized carbons (Fsp3) is 0.333. The average molecular weight is 366 g/mol. The van der Waals surface area contributed by atoms with Gasteiger partial charge in [0.05, 0.1) is 5.75 Å². The van der Waals surface area contributed by atoms with Crippen LogP contribution in [0.2, 0.25) is 0 Å². The highest BCUT2D eigenvalue weighted by Gasteiger charge is 2.10. The lowest BCUT2D eigenvalue weighted by Crippen LogP contribution is -2.16. The molecule has 0 atom stereocenters. The zero-order valence-electron chi connectivity index (χ0n) is 13.6. The summed E-state index contributed by atoms with van der Waals surface area (Å²) in [6, 6.07) is 5.89. The minimum absolute atomic E-state index is 0.0413. The summed E-state index contributed by atoms with van der Waals surface area (Å²) in [4.78, 5) is 23.4. The lowest BCUT2D eigenvalue weighted by atomic mass is 10.1. The Morgan fingerprint density at radius 2 is 1.83 bits per heavy atom. The molecule has 24 heavy (non-hydrogen) atoms. The number of nitrogens with zero attached hydrogens (tertiary/aromatic N) is 2. The van der Waals surface area contributed by atoms with E-state index < -0.39 is 0 Å². The number of hydrogen-bond acceptors (Lipinski definition) is 7. The second-order valence-corrected chi connectivity index (χ2v) is 7.27. The van der Waals surface area contributed by atoms with Crippen LogP contribution in [-0.4, -0.2) is 41.5 Å². The smallest absolute Gasteiger partial charge is 0.252 e. The highest BCUT2D eigenvalue weighted by Crippen LogP contribution is 2.25. The highest BCUT2D eigenvalue weighted by atomic mass is 32.2. The Labute approximate surface area is 148 Å². The Kier molecular flexibility index (Phi) is 6.71. The Morgan fingerprint density at radius 3 is 2.50 bits per heavy atom. The van der Waals surface area contributed by atoms with E-state index in [1.807, 2.05) is 32.0 Å². The topological polar surface area (TPSA) is 93.2 Å². The monoisotopic (exact) mass is 366 g/mol. The molecular weight excluding hydrogens is 348 g/mol. The van der Waals surface area contributed by atoms with Gasteiger partial charge in [0.15, 0.2) is 4.34 Å². The molecule has 0 spiro atoms. The fourth-order valence-corrected chi connectivity index (χ4v) is 3.54. The van der Waals surface area contributed by atoms with Crippen LogP contribution in [0, 0.1) is 13.8 Å². The van der Waals surface area contributed by atoms with E-state index >= 15 is 0 Å². The van der Waals surface area contributed by atoms with E-state index in [1.54, 1.807) is 0 Å². The number of benzene rings is 1. The van der Waals surface area contributed by atoms with Gasteiger partial charge in [-0.1, -0.05) is 29.2 Å². The third-order valence-electron chi connectivity index (χ3n) is 2.76. The zero-order valence-corrected chi connectivity index (χ0v) is 15.2. The summed E-state index contributed by atoms with van der Waals surface area (Å²) in [5.74, 6) is -0.198. The zero-order chi connectivity index (χ0) is 17.5. The molecule has 9 heteroatoms. The van der Waals surface area contributed by atoms with Gasteiger partial charge in [0.2, 0.25) is 11.0 Å². The summed E-state index contributed by atoms with van der Waals surface area (Å²) in [5.41, 5.74) is 2.97. The van der Waals surface area contributed by atoms with Crippen molar-refractivity contribution in [2.24, 2.45) is 0 Å². The van der Waals surface area contributed by atoms with E-state index in [-0.39, 0.29) is 24.2 Å². The van der Waals surface area contributed by atoms with Gasteiger partial charge in [-0.3, -0.25) is 14.9 Å². The number of methoxy groups -OCH3 is 1. The number of rotatable bonds is 7. The van der Waals surface area contributed by atoms with E-state index in [0.29, 0.717) is 9.47 Å². The van der Waals surface area contributed by atoms with Crippen molar-refractivity contribution in [3.05, 3.63) is 29.3 Å². The number of aromatic nitrogens is 2. The minimum atomic E-state index is -0.294. The summed E-state index contributed by atoms with van der Waals surface area (Å²) in [7, 11) is 1.44. The number of amides is 2. The number of carbonyl (C=O) groups is 2. The van der Waals surface area contributed by atoms with Gasteiger partial charge in [0.25, 0.3) is 5.91 Å². The second-order valence-electron chi connectivity index (χ2n) is 5.07. The molecule has 128 valence electrons. The molecule has 0 saturated carbocycles. The lowest BCUT2D eigenvalue weighted by molar-refractivity contribution is -0.119. The van der Waals surface area contributed by atoms with Crippen LogP contribution in [0.15, 0.2) is 22.5 Å². The number of hydrogen-bond donors (Lipinski definition) is 2. The second kappa shape index (κ2) is 8.76. The van der Waals surface area contributed by atoms with Crippen molar-refractivity contribution in [3.8, 4) is 0 Å². The number of anilines is 2. The van der Waals surface area contributed by atoms with Crippen LogP contribution in [0.25, 0.3) is 0 Å². The van der Waals surface area contributed by atoms with Gasteiger partial charge in [-0.05, 0) is 37.1 Å². The van der Waals surface area contributed by atoms with E-state index in [2.05, 4.69) is 20.8 Å². The molecule has 1 aromatic heterocycles. The standard InChI is InChI=1S/C15H18N4O3S2/c1-9-4-10(2)6-11(5-9)16-13(21)8-23-15-19-18-14(24-15)17-12(20)7-22-3/h4-6H,7-8H2,1-3H3,(H,16,21)(H,17,18,20). The maximum Gasteiger partial charge on any atom is 0.252 e. The van der Waals surface area contributed by atoms with Gasteiger partial charge in [0, 0.05) is 12.8 Å². The number of aryl methyl sites for hydroxylation is 2. The summed E-state index contributed by atoms with van der Waals surface area (Å²) in [5, 5.41) is 13.6. The average Bonchev–Trinajstić information content (AvgIpc) is 2.91. The molecule has 2 amide bonds. The largest absolute Gasteiger partial charge is 0.375 e. The van der Waals surface area contributed by atoms with E-state index in [9.17, 15) is 9.59 Å². The predicted molar refractivity (Wildman–Crippen MR) is 95.7 cm³/mol. The summed E-state index contributed by atoms with van der Waals surface area (Å²) in [6.45, 7) is 3.93. The first-order valence-corrected chi connectivity index (χ1v) is 8.89. The van der Waals surface area contributed by atoms with Crippen molar-refractivity contribution in [1.82, 2.24) is 10.2 Å². The molecule has 2 rings (SSSR count). The molecular formula is C15H18N4O3S2. The van der Waals surface area contributed by atoms with Crippen LogP contribution in [0.4, 0.5) is 10.8 Å². The molecule has 1 aromatic carbocycles. The maximum atomic E-state index is 12.0. The number of nitrogens with one attached hydrogen (secondary N) is 2. The third-order valence-corrected chi connectivity index (χ3v) is 4.73. The lowest BCUT2D eigenvalue weighted by Gasteiger charge is -2.06. The Bertz CT molecular complexity index is 713. The van der Waals surface area contributed by atoms with Crippen molar-refractivity contribution in [2.45, 2.75) is 18.2 Å². The van der Waals surface area contributed by atoms with Gasteiger partial charge in [-0.15, -0.1) is 10.2 Å². The van der Waals surface area contributed by atoms with Crippen LogP contribution in [0.5, 0.6) is 0 Å². The first-order valence-electron chi connectivity index (χ1n) is 7.09. The van der Waals surface area contributed by atoms with E-state index in [1.165, 1.54) is 30.2 Å². The molecule has 0 unspecified atom stereocenters. The molecule has 7 nitrogen and oxygen atoms in total. The predicted octanol–water partition coefficient (Wildman–Crippen LogP) is 2.47. The first kappa shape index (κ1) is 18.4. The molecule has 0 aliphatic carbocycles. The molecule has 2 aromatic rings. The van der Waals surface area contributed by atoms with Crippen molar-refractivity contribution in [2.75, 3.05) is 30.1 Å². The van der Waals surface area contributed by atoms with Gasteiger partial charge >= 0.3 is 0 Å². The van der Waals surface area contributed by atoms with Gasteiger partial charge in [-0.2, -0.15) is 0 Å². The molecule has 0 aliphatic heterocycles. The minimum Gasteiger partial charge on any atom is -0.375 e. The molecule has 0 aliphatic rings.